The molecule has 0 bridgehead atoms. The second-order valence-electron chi connectivity index (χ2n) is 4.93. The highest BCUT2D eigenvalue weighted by Gasteiger charge is 2.23. The molecule has 2 N–H and O–H groups in total. The lowest BCUT2D eigenvalue weighted by Gasteiger charge is -2.24. The Hall–Kier alpha value is -1.79. The van der Waals surface area contributed by atoms with Crippen molar-refractivity contribution in [3.05, 3.63) is 51.7 Å². The molecule has 0 amide bonds. The summed E-state index contributed by atoms with van der Waals surface area (Å²) in [5, 5.41) is 14.9. The van der Waals surface area contributed by atoms with Crippen molar-refractivity contribution in [1.29, 1.82) is 0 Å². The van der Waals surface area contributed by atoms with Gasteiger partial charge in [-0.05, 0) is 32.0 Å². The zero-order valence-electron chi connectivity index (χ0n) is 11.2. The quantitative estimate of drug-likeness (QED) is 0.890. The summed E-state index contributed by atoms with van der Waals surface area (Å²) in [6.07, 6.45) is 1.72. The lowest BCUT2D eigenvalue weighted by Crippen LogP contribution is -2.36. The van der Waals surface area contributed by atoms with E-state index in [1.807, 2.05) is 19.2 Å². The number of aromatic nitrogens is 1. The number of hydrogen-bond donors (Lipinski definition) is 2. The Bertz CT molecular complexity index is 612. The van der Waals surface area contributed by atoms with Crippen molar-refractivity contribution in [3.63, 3.8) is 0 Å². The predicted molar refractivity (Wildman–Crippen MR) is 75.3 cm³/mol. The monoisotopic (exact) mass is 294 g/mol. The molecular formula is C14H15FN2O2S. The number of carbonyl (C=O) groups is 1. The zero-order valence-corrected chi connectivity index (χ0v) is 12.0. The Morgan fingerprint density at radius 1 is 1.50 bits per heavy atom. The van der Waals surface area contributed by atoms with E-state index in [1.165, 1.54) is 29.5 Å². The highest BCUT2D eigenvalue weighted by atomic mass is 32.1. The number of benzene rings is 1. The van der Waals surface area contributed by atoms with Crippen LogP contribution in [0.2, 0.25) is 0 Å². The number of nitrogens with zero attached hydrogens (tertiary/aromatic N) is 1. The molecule has 1 aromatic carbocycles. The average Bonchev–Trinajstić information content (AvgIpc) is 2.92. The Labute approximate surface area is 120 Å². The van der Waals surface area contributed by atoms with Crippen molar-refractivity contribution in [1.82, 2.24) is 10.3 Å². The molecule has 4 nitrogen and oxygen atoms in total. The molecule has 0 saturated heterocycles. The Morgan fingerprint density at radius 3 is 2.85 bits per heavy atom. The molecule has 0 aliphatic carbocycles. The predicted octanol–water partition coefficient (Wildman–Crippen LogP) is 3.01. The third kappa shape index (κ3) is 3.20. The van der Waals surface area contributed by atoms with E-state index in [0.29, 0.717) is 5.56 Å². The minimum absolute atomic E-state index is 0.0789. The van der Waals surface area contributed by atoms with Crippen LogP contribution in [0, 0.1) is 5.82 Å². The molecule has 20 heavy (non-hydrogen) atoms. The molecule has 0 saturated carbocycles. The average molecular weight is 294 g/mol. The first kappa shape index (κ1) is 14.6. The van der Waals surface area contributed by atoms with Gasteiger partial charge in [-0.2, -0.15) is 0 Å². The lowest BCUT2D eigenvalue weighted by molar-refractivity contribution is 0.0696. The molecule has 2 aromatic rings. The fourth-order valence-electron chi connectivity index (χ4n) is 1.77. The third-order valence-electron chi connectivity index (χ3n) is 2.98. The molecule has 1 heterocycles. The normalized spacial score (nSPS) is 11.6. The topological polar surface area (TPSA) is 62.2 Å². The van der Waals surface area contributed by atoms with E-state index >= 15 is 0 Å². The molecule has 0 radical (unpaired) electrons. The van der Waals surface area contributed by atoms with Gasteiger partial charge in [0.25, 0.3) is 0 Å². The Balaban J connectivity index is 2.15. The maximum Gasteiger partial charge on any atom is 0.335 e. The van der Waals surface area contributed by atoms with Crippen LogP contribution in [0.1, 0.15) is 34.8 Å². The second kappa shape index (κ2) is 5.68. The summed E-state index contributed by atoms with van der Waals surface area (Å²) < 4.78 is 13.7. The van der Waals surface area contributed by atoms with E-state index in [-0.39, 0.29) is 12.1 Å². The van der Waals surface area contributed by atoms with Crippen LogP contribution in [0.3, 0.4) is 0 Å². The van der Waals surface area contributed by atoms with Crippen molar-refractivity contribution >= 4 is 17.3 Å². The number of carboxylic acid groups (broad SMARTS) is 1. The highest BCUT2D eigenvalue weighted by Crippen LogP contribution is 2.23. The number of hydrogen-bond acceptors (Lipinski definition) is 4. The molecule has 106 valence electrons. The third-order valence-corrected chi connectivity index (χ3v) is 4.08. The number of thiazole rings is 1. The SMILES string of the molecule is CC(C)(NCc1cc(C(=O)O)ccc1F)c1nccs1. The van der Waals surface area contributed by atoms with E-state index in [9.17, 15) is 9.18 Å². The maximum atomic E-state index is 13.7. The standard InChI is InChI=1S/C14H15FN2O2S/c1-14(2,13-16-5-6-20-13)17-8-10-7-9(12(18)19)3-4-11(10)15/h3-7,17H,8H2,1-2H3,(H,18,19). The van der Waals surface area contributed by atoms with Gasteiger partial charge in [-0.3, -0.25) is 0 Å². The Morgan fingerprint density at radius 2 is 2.25 bits per heavy atom. The number of halogens is 1. The first-order valence-electron chi connectivity index (χ1n) is 6.07. The fraction of sp³-hybridized carbons (Fsp3) is 0.286. The molecule has 1 aromatic heterocycles. The van der Waals surface area contributed by atoms with E-state index in [2.05, 4.69) is 10.3 Å². The van der Waals surface area contributed by atoms with Crippen LogP contribution in [-0.2, 0) is 12.1 Å². The molecule has 0 aliphatic rings. The molecule has 0 spiro atoms. The smallest absolute Gasteiger partial charge is 0.335 e. The van der Waals surface area contributed by atoms with Gasteiger partial charge in [0.15, 0.2) is 0 Å². The van der Waals surface area contributed by atoms with Gasteiger partial charge in [0.1, 0.15) is 10.8 Å². The number of aromatic carboxylic acids is 1. The van der Waals surface area contributed by atoms with Gasteiger partial charge >= 0.3 is 5.97 Å². The summed E-state index contributed by atoms with van der Waals surface area (Å²) in [4.78, 5) is 15.1. The molecule has 0 fully saturated rings. The zero-order chi connectivity index (χ0) is 14.8. The maximum absolute atomic E-state index is 13.7. The van der Waals surface area contributed by atoms with Crippen LogP contribution in [0.25, 0.3) is 0 Å². The van der Waals surface area contributed by atoms with E-state index in [4.69, 9.17) is 5.11 Å². The van der Waals surface area contributed by atoms with E-state index in [1.54, 1.807) is 6.20 Å². The highest BCUT2D eigenvalue weighted by molar-refractivity contribution is 7.09. The van der Waals surface area contributed by atoms with Crippen molar-refractivity contribution < 1.29 is 14.3 Å². The summed E-state index contributed by atoms with van der Waals surface area (Å²) >= 11 is 1.52. The summed E-state index contributed by atoms with van der Waals surface area (Å²) in [7, 11) is 0. The number of nitrogens with one attached hydrogen (secondary N) is 1. The molecule has 2 rings (SSSR count). The molecule has 0 aliphatic heterocycles. The Kier molecular flexibility index (Phi) is 4.15. The second-order valence-corrected chi connectivity index (χ2v) is 5.82. The number of carboxylic acids is 1. The summed E-state index contributed by atoms with van der Waals surface area (Å²) in [5.74, 6) is -1.48. The van der Waals surface area contributed by atoms with Crippen LogP contribution in [0.4, 0.5) is 4.39 Å². The van der Waals surface area contributed by atoms with Gasteiger partial charge in [0, 0.05) is 23.7 Å². The molecule has 6 heteroatoms. The van der Waals surface area contributed by atoms with Crippen molar-refractivity contribution in [2.45, 2.75) is 25.9 Å². The van der Waals surface area contributed by atoms with Crippen LogP contribution >= 0.6 is 11.3 Å². The van der Waals surface area contributed by atoms with Crippen LogP contribution in [0.5, 0.6) is 0 Å². The van der Waals surface area contributed by atoms with Gasteiger partial charge in [0.2, 0.25) is 0 Å². The lowest BCUT2D eigenvalue weighted by atomic mass is 10.0. The largest absolute Gasteiger partial charge is 0.478 e. The summed E-state index contributed by atoms with van der Waals surface area (Å²) in [6.45, 7) is 4.13. The minimum atomic E-state index is -1.06. The van der Waals surface area contributed by atoms with E-state index < -0.39 is 17.3 Å². The van der Waals surface area contributed by atoms with Crippen LogP contribution in [0.15, 0.2) is 29.8 Å². The van der Waals surface area contributed by atoms with Gasteiger partial charge in [0.05, 0.1) is 11.1 Å². The summed E-state index contributed by atoms with van der Waals surface area (Å²) in [5.41, 5.74) is 0.00427. The molecule has 0 unspecified atom stereocenters. The summed E-state index contributed by atoms with van der Waals surface area (Å²) in [6, 6.07) is 3.78. The van der Waals surface area contributed by atoms with E-state index in [0.717, 1.165) is 5.01 Å². The van der Waals surface area contributed by atoms with Crippen molar-refractivity contribution in [2.24, 2.45) is 0 Å². The minimum Gasteiger partial charge on any atom is -0.478 e. The first-order chi connectivity index (χ1) is 9.40. The van der Waals surface area contributed by atoms with Crippen molar-refractivity contribution in [3.8, 4) is 0 Å². The van der Waals surface area contributed by atoms with Gasteiger partial charge in [-0.15, -0.1) is 11.3 Å². The fourth-order valence-corrected chi connectivity index (χ4v) is 2.51. The van der Waals surface area contributed by atoms with Crippen LogP contribution in [-0.4, -0.2) is 16.1 Å². The van der Waals surface area contributed by atoms with Crippen molar-refractivity contribution in [2.75, 3.05) is 0 Å². The van der Waals surface area contributed by atoms with Gasteiger partial charge < -0.3 is 10.4 Å². The first-order valence-corrected chi connectivity index (χ1v) is 6.95. The van der Waals surface area contributed by atoms with Crippen LogP contribution < -0.4 is 5.32 Å². The van der Waals surface area contributed by atoms with Gasteiger partial charge in [-0.25, -0.2) is 14.2 Å². The molecule has 0 atom stereocenters. The molecular weight excluding hydrogens is 279 g/mol. The van der Waals surface area contributed by atoms with Gasteiger partial charge in [-0.1, -0.05) is 0 Å². The number of rotatable bonds is 5.